The monoisotopic (exact) mass is 447 g/mol. The van der Waals surface area contributed by atoms with Gasteiger partial charge in [-0.05, 0) is 31.2 Å². The van der Waals surface area contributed by atoms with Gasteiger partial charge in [0.1, 0.15) is 11.5 Å². The molecule has 1 amide bonds. The maximum absolute atomic E-state index is 11.4. The molecule has 0 bridgehead atoms. The molecule has 0 unspecified atom stereocenters. The van der Waals surface area contributed by atoms with Gasteiger partial charge in [-0.25, -0.2) is 19.7 Å². The lowest BCUT2D eigenvalue weighted by molar-refractivity contribution is 0.168. The highest BCUT2D eigenvalue weighted by atomic mass is 16.5. The number of methoxy groups -OCH3 is 1. The fraction of sp³-hybridized carbons (Fsp3) is 0.333. The summed E-state index contributed by atoms with van der Waals surface area (Å²) in [5.74, 6) is 1.34. The average Bonchev–Trinajstić information content (AvgIpc) is 3.44. The van der Waals surface area contributed by atoms with Crippen LogP contribution in [0.15, 0.2) is 42.7 Å². The summed E-state index contributed by atoms with van der Waals surface area (Å²) in [7, 11) is 1.34. The summed E-state index contributed by atoms with van der Waals surface area (Å²) >= 11 is 0. The van der Waals surface area contributed by atoms with E-state index in [2.05, 4.69) is 75.4 Å². The number of hydrogen-bond donors (Lipinski definition) is 4. The number of amides is 1. The Balaban J connectivity index is 1.67. The van der Waals surface area contributed by atoms with E-state index in [4.69, 9.17) is 9.97 Å². The normalized spacial score (nSPS) is 12.5. The summed E-state index contributed by atoms with van der Waals surface area (Å²) in [5.41, 5.74) is 4.34. The summed E-state index contributed by atoms with van der Waals surface area (Å²) in [6.45, 7) is 8.68. The molecule has 4 rings (SSSR count). The quantitative estimate of drug-likeness (QED) is 0.346. The third-order valence-corrected chi connectivity index (χ3v) is 5.27. The van der Waals surface area contributed by atoms with E-state index in [-0.39, 0.29) is 11.5 Å². The van der Waals surface area contributed by atoms with Gasteiger partial charge in [0, 0.05) is 46.9 Å². The highest BCUT2D eigenvalue weighted by molar-refractivity contribution is 5.87. The number of benzene rings is 1. The van der Waals surface area contributed by atoms with Crippen molar-refractivity contribution in [1.29, 1.82) is 0 Å². The minimum absolute atomic E-state index is 0.158. The number of fused-ring (bicyclic) bond motifs is 1. The number of nitrogens with zero attached hydrogens (tertiary/aromatic N) is 3. The van der Waals surface area contributed by atoms with Gasteiger partial charge in [0.25, 0.3) is 0 Å². The lowest BCUT2D eigenvalue weighted by Gasteiger charge is -2.14. The van der Waals surface area contributed by atoms with E-state index < -0.39 is 6.09 Å². The Labute approximate surface area is 192 Å². The predicted octanol–water partition coefficient (Wildman–Crippen LogP) is 4.47. The van der Waals surface area contributed by atoms with Crippen LogP contribution in [-0.4, -0.2) is 50.7 Å². The molecule has 0 aliphatic carbocycles. The fourth-order valence-corrected chi connectivity index (χ4v) is 3.46. The number of aromatic amines is 2. The molecule has 4 N–H and O–H groups in total. The van der Waals surface area contributed by atoms with Crippen LogP contribution in [0.5, 0.6) is 0 Å². The van der Waals surface area contributed by atoms with Crippen molar-refractivity contribution < 1.29 is 9.53 Å². The Morgan fingerprint density at radius 2 is 2.00 bits per heavy atom. The first kappa shape index (κ1) is 22.3. The molecular formula is C24H29N7O2. The first-order chi connectivity index (χ1) is 15.7. The molecule has 9 heteroatoms. The van der Waals surface area contributed by atoms with Crippen LogP contribution < -0.4 is 10.6 Å². The molecular weight excluding hydrogens is 418 g/mol. The van der Waals surface area contributed by atoms with E-state index in [0.29, 0.717) is 18.2 Å². The highest BCUT2D eigenvalue weighted by Crippen LogP contribution is 2.34. The molecule has 4 aromatic rings. The van der Waals surface area contributed by atoms with Gasteiger partial charge in [-0.2, -0.15) is 0 Å². The second kappa shape index (κ2) is 8.93. The number of rotatable bonds is 6. The van der Waals surface area contributed by atoms with Gasteiger partial charge in [-0.1, -0.05) is 26.8 Å². The van der Waals surface area contributed by atoms with E-state index in [1.165, 1.54) is 7.11 Å². The van der Waals surface area contributed by atoms with Crippen LogP contribution >= 0.6 is 0 Å². The maximum Gasteiger partial charge on any atom is 0.407 e. The number of hydrogen-bond acceptors (Lipinski definition) is 6. The number of nitrogens with one attached hydrogen (secondary N) is 4. The van der Waals surface area contributed by atoms with Crippen LogP contribution in [0, 0.1) is 0 Å². The Morgan fingerprint density at radius 1 is 1.18 bits per heavy atom. The first-order valence-corrected chi connectivity index (χ1v) is 10.8. The number of ether oxygens (including phenoxy) is 1. The number of H-pyrrole nitrogens is 2. The lowest BCUT2D eigenvalue weighted by atomic mass is 9.96. The van der Waals surface area contributed by atoms with Crippen molar-refractivity contribution in [3.63, 3.8) is 0 Å². The standard InChI is InChI=1S/C24H29N7O2/c1-14(28-23(32)33-5)13-27-22-26-11-9-18(29-22)20-19(30-21(31-20)24(2,3)4)16-6-7-17-15(12-16)8-10-25-17/h6-12,14,25H,13H2,1-5H3,(H,28,32)(H,30,31)(H,26,27,29)/t14-/m0/s1. The third-order valence-electron chi connectivity index (χ3n) is 5.27. The van der Waals surface area contributed by atoms with Crippen molar-refractivity contribution in [3.05, 3.63) is 48.5 Å². The molecule has 3 heterocycles. The largest absolute Gasteiger partial charge is 0.453 e. The molecule has 9 nitrogen and oxygen atoms in total. The minimum Gasteiger partial charge on any atom is -0.453 e. The first-order valence-electron chi connectivity index (χ1n) is 10.8. The van der Waals surface area contributed by atoms with Gasteiger partial charge in [-0.15, -0.1) is 0 Å². The molecule has 0 aliphatic heterocycles. The van der Waals surface area contributed by atoms with E-state index in [1.807, 2.05) is 19.2 Å². The van der Waals surface area contributed by atoms with Gasteiger partial charge < -0.3 is 25.3 Å². The molecule has 1 atom stereocenters. The van der Waals surface area contributed by atoms with Crippen LogP contribution in [0.25, 0.3) is 33.5 Å². The van der Waals surface area contributed by atoms with Crippen LogP contribution in [0.2, 0.25) is 0 Å². The number of alkyl carbamates (subject to hydrolysis) is 1. The number of imidazole rings is 1. The zero-order chi connectivity index (χ0) is 23.6. The van der Waals surface area contributed by atoms with Gasteiger partial charge >= 0.3 is 6.09 Å². The Morgan fingerprint density at radius 3 is 2.76 bits per heavy atom. The number of carbonyl (C=O) groups is 1. The molecule has 172 valence electrons. The molecule has 0 saturated heterocycles. The Bertz CT molecular complexity index is 1270. The van der Waals surface area contributed by atoms with Crippen LogP contribution in [0.4, 0.5) is 10.7 Å². The van der Waals surface area contributed by atoms with Crippen molar-refractivity contribution in [3.8, 4) is 22.6 Å². The van der Waals surface area contributed by atoms with Crippen molar-refractivity contribution in [2.24, 2.45) is 0 Å². The molecule has 0 spiro atoms. The number of carbonyl (C=O) groups excluding carboxylic acids is 1. The third kappa shape index (κ3) is 4.97. The smallest absolute Gasteiger partial charge is 0.407 e. The summed E-state index contributed by atoms with van der Waals surface area (Å²) in [4.78, 5) is 32.1. The van der Waals surface area contributed by atoms with Crippen LogP contribution in [0.1, 0.15) is 33.5 Å². The predicted molar refractivity (Wildman–Crippen MR) is 129 cm³/mol. The average molecular weight is 448 g/mol. The van der Waals surface area contributed by atoms with E-state index >= 15 is 0 Å². The van der Waals surface area contributed by atoms with Crippen molar-refractivity contribution >= 4 is 22.9 Å². The summed E-state index contributed by atoms with van der Waals surface area (Å²) < 4.78 is 4.63. The van der Waals surface area contributed by atoms with E-state index in [0.717, 1.165) is 33.7 Å². The lowest BCUT2D eigenvalue weighted by Crippen LogP contribution is -2.37. The van der Waals surface area contributed by atoms with Crippen molar-refractivity contribution in [1.82, 2.24) is 30.2 Å². The van der Waals surface area contributed by atoms with Crippen LogP contribution in [-0.2, 0) is 10.2 Å². The molecule has 0 aliphatic rings. The van der Waals surface area contributed by atoms with Crippen molar-refractivity contribution in [2.45, 2.75) is 39.2 Å². The zero-order valence-electron chi connectivity index (χ0n) is 19.5. The highest BCUT2D eigenvalue weighted by Gasteiger charge is 2.23. The Kier molecular flexibility index (Phi) is 6.04. The summed E-state index contributed by atoms with van der Waals surface area (Å²) in [6, 6.07) is 10.0. The van der Waals surface area contributed by atoms with E-state index in [9.17, 15) is 4.79 Å². The SMILES string of the molecule is COC(=O)N[C@@H](C)CNc1nccc(-c2nc(C(C)(C)C)[nH]c2-c2ccc3[nH]ccc3c2)n1. The van der Waals surface area contributed by atoms with Gasteiger partial charge in [0.2, 0.25) is 5.95 Å². The molecule has 0 radical (unpaired) electrons. The molecule has 0 saturated carbocycles. The summed E-state index contributed by atoms with van der Waals surface area (Å²) in [5, 5.41) is 7.00. The molecule has 33 heavy (non-hydrogen) atoms. The van der Waals surface area contributed by atoms with Crippen molar-refractivity contribution in [2.75, 3.05) is 19.0 Å². The summed E-state index contributed by atoms with van der Waals surface area (Å²) in [6.07, 6.45) is 3.16. The van der Waals surface area contributed by atoms with Crippen LogP contribution in [0.3, 0.4) is 0 Å². The van der Waals surface area contributed by atoms with Gasteiger partial charge in [-0.3, -0.25) is 0 Å². The maximum atomic E-state index is 11.4. The van der Waals surface area contributed by atoms with E-state index in [1.54, 1.807) is 6.20 Å². The molecule has 3 aromatic heterocycles. The second-order valence-corrected chi connectivity index (χ2v) is 9.02. The topological polar surface area (TPSA) is 121 Å². The van der Waals surface area contributed by atoms with Gasteiger partial charge in [0.15, 0.2) is 0 Å². The second-order valence-electron chi connectivity index (χ2n) is 9.02. The zero-order valence-corrected chi connectivity index (χ0v) is 19.5. The van der Waals surface area contributed by atoms with Gasteiger partial charge in [0.05, 0.1) is 18.5 Å². The Hall–Kier alpha value is -3.88. The number of aromatic nitrogens is 5. The fourth-order valence-electron chi connectivity index (χ4n) is 3.46. The number of anilines is 1. The molecule has 1 aromatic carbocycles. The minimum atomic E-state index is -0.478. The molecule has 0 fully saturated rings.